The van der Waals surface area contributed by atoms with Crippen LogP contribution in [-0.4, -0.2) is 11.4 Å². The molecule has 5 rings (SSSR count). The Morgan fingerprint density at radius 1 is 1.18 bits per heavy atom. The molecule has 2 aromatic rings. The van der Waals surface area contributed by atoms with Crippen molar-refractivity contribution in [2.45, 2.75) is 58.4 Å². The van der Waals surface area contributed by atoms with E-state index in [2.05, 4.69) is 25.1 Å². The molecule has 0 fully saturated rings. The van der Waals surface area contributed by atoms with E-state index in [1.807, 2.05) is 26.8 Å². The van der Waals surface area contributed by atoms with Gasteiger partial charge in [-0.15, -0.1) is 0 Å². The highest BCUT2D eigenvalue weighted by molar-refractivity contribution is 6.18. The number of rotatable bonds is 2. The van der Waals surface area contributed by atoms with Crippen molar-refractivity contribution >= 4 is 17.2 Å². The standard InChI is InChI=1S/C26H25N3O4/c1-6-15-11-25(5,7-2)29-21-16(15)8-13(3)9-17(21)26(24(29)31)18(12-27)22(28)33-19-10-14(4)32-23(30)20(19)26/h8-11H,6-7,28H2,1-5H3/t25-,26-/m0/s1. The predicted octanol–water partition coefficient (Wildman–Crippen LogP) is 3.95. The summed E-state index contributed by atoms with van der Waals surface area (Å²) in [6.45, 7) is 9.67. The first-order valence-electron chi connectivity index (χ1n) is 11.1. The second-order valence-corrected chi connectivity index (χ2v) is 9.17. The Kier molecular flexibility index (Phi) is 4.22. The highest BCUT2D eigenvalue weighted by atomic mass is 16.5. The van der Waals surface area contributed by atoms with E-state index in [1.165, 1.54) is 0 Å². The average Bonchev–Trinajstić information content (AvgIpc) is 3.00. The molecule has 0 radical (unpaired) electrons. The molecule has 2 atom stereocenters. The molecule has 0 unspecified atom stereocenters. The smallest absolute Gasteiger partial charge is 0.344 e. The van der Waals surface area contributed by atoms with Gasteiger partial charge in [0.1, 0.15) is 28.7 Å². The van der Waals surface area contributed by atoms with Crippen molar-refractivity contribution in [1.29, 1.82) is 5.26 Å². The maximum Gasteiger partial charge on any atom is 0.344 e. The van der Waals surface area contributed by atoms with Crippen LogP contribution in [-0.2, 0) is 10.2 Å². The van der Waals surface area contributed by atoms with E-state index >= 15 is 0 Å². The number of anilines is 1. The number of aryl methyl sites for hydroxylation is 2. The lowest BCUT2D eigenvalue weighted by atomic mass is 9.68. The van der Waals surface area contributed by atoms with E-state index in [0.29, 0.717) is 17.7 Å². The van der Waals surface area contributed by atoms with Crippen LogP contribution < -0.4 is 21.0 Å². The maximum absolute atomic E-state index is 14.6. The van der Waals surface area contributed by atoms with Gasteiger partial charge in [0.15, 0.2) is 5.41 Å². The fraction of sp³-hybridized carbons (Fsp3) is 0.346. The first-order valence-corrected chi connectivity index (χ1v) is 11.1. The molecule has 3 aliphatic rings. The minimum absolute atomic E-state index is 0.00236. The van der Waals surface area contributed by atoms with Crippen LogP contribution in [0.1, 0.15) is 61.6 Å². The summed E-state index contributed by atoms with van der Waals surface area (Å²) >= 11 is 0. The summed E-state index contributed by atoms with van der Waals surface area (Å²) in [5.41, 5.74) is 7.33. The van der Waals surface area contributed by atoms with Gasteiger partial charge in [0.2, 0.25) is 11.8 Å². The van der Waals surface area contributed by atoms with Crippen molar-refractivity contribution in [2.24, 2.45) is 5.73 Å². The van der Waals surface area contributed by atoms with Crippen LogP contribution >= 0.6 is 0 Å². The van der Waals surface area contributed by atoms with E-state index < -0.39 is 16.6 Å². The first-order chi connectivity index (χ1) is 15.6. The lowest BCUT2D eigenvalue weighted by Gasteiger charge is -2.42. The van der Waals surface area contributed by atoms with Crippen molar-refractivity contribution in [3.8, 4) is 11.8 Å². The van der Waals surface area contributed by atoms with Gasteiger partial charge >= 0.3 is 5.63 Å². The van der Waals surface area contributed by atoms with Gasteiger partial charge in [-0.05, 0) is 45.3 Å². The summed E-state index contributed by atoms with van der Waals surface area (Å²) in [4.78, 5) is 29.6. The lowest BCUT2D eigenvalue weighted by molar-refractivity contribution is -0.121. The molecule has 1 aromatic heterocycles. The van der Waals surface area contributed by atoms with Gasteiger partial charge < -0.3 is 19.8 Å². The molecule has 0 saturated carbocycles. The molecule has 4 heterocycles. The second kappa shape index (κ2) is 6.61. The Morgan fingerprint density at radius 2 is 1.91 bits per heavy atom. The predicted molar refractivity (Wildman–Crippen MR) is 124 cm³/mol. The molecule has 168 valence electrons. The van der Waals surface area contributed by atoms with E-state index in [0.717, 1.165) is 28.8 Å². The quantitative estimate of drug-likeness (QED) is 0.753. The lowest BCUT2D eigenvalue weighted by Crippen LogP contribution is -2.55. The minimum atomic E-state index is -1.73. The van der Waals surface area contributed by atoms with Gasteiger partial charge in [0.25, 0.3) is 0 Å². The van der Waals surface area contributed by atoms with Gasteiger partial charge in [0, 0.05) is 17.2 Å². The number of hydrogen-bond acceptors (Lipinski definition) is 6. The fourth-order valence-corrected chi connectivity index (χ4v) is 5.60. The number of ether oxygens (including phenoxy) is 1. The summed E-state index contributed by atoms with van der Waals surface area (Å²) in [6.07, 6.45) is 3.56. The summed E-state index contributed by atoms with van der Waals surface area (Å²) in [6, 6.07) is 7.58. The fourth-order valence-electron chi connectivity index (χ4n) is 5.60. The van der Waals surface area contributed by atoms with Crippen LogP contribution in [0.4, 0.5) is 5.69 Å². The Balaban J connectivity index is 2.02. The monoisotopic (exact) mass is 443 g/mol. The van der Waals surface area contributed by atoms with Crippen molar-refractivity contribution in [2.75, 3.05) is 4.90 Å². The molecule has 1 aromatic carbocycles. The normalized spacial score (nSPS) is 24.9. The van der Waals surface area contributed by atoms with E-state index in [-0.39, 0.29) is 28.7 Å². The summed E-state index contributed by atoms with van der Waals surface area (Å²) in [5, 5.41) is 10.2. The van der Waals surface area contributed by atoms with Crippen LogP contribution in [0.15, 0.2) is 44.9 Å². The summed E-state index contributed by atoms with van der Waals surface area (Å²) in [7, 11) is 0. The molecule has 33 heavy (non-hydrogen) atoms. The molecule has 7 nitrogen and oxygen atoms in total. The van der Waals surface area contributed by atoms with Crippen molar-refractivity contribution < 1.29 is 13.9 Å². The average molecular weight is 444 g/mol. The van der Waals surface area contributed by atoms with E-state index in [4.69, 9.17) is 14.9 Å². The number of allylic oxidation sites excluding steroid dienone is 1. The van der Waals surface area contributed by atoms with Gasteiger partial charge in [-0.3, -0.25) is 4.79 Å². The van der Waals surface area contributed by atoms with Crippen molar-refractivity contribution in [3.63, 3.8) is 0 Å². The number of nitriles is 1. The highest BCUT2D eigenvalue weighted by Crippen LogP contribution is 2.59. The molecule has 0 saturated heterocycles. The molecule has 3 aliphatic heterocycles. The maximum atomic E-state index is 14.6. The van der Waals surface area contributed by atoms with Crippen molar-refractivity contribution in [3.05, 3.63) is 74.2 Å². The number of benzene rings is 1. The van der Waals surface area contributed by atoms with Crippen LogP contribution in [0.2, 0.25) is 0 Å². The third-order valence-corrected chi connectivity index (χ3v) is 7.21. The number of nitrogens with zero attached hydrogens (tertiary/aromatic N) is 2. The SMILES string of the molecule is CCC1=C[C@](C)(CC)N2C(=O)[C@]3(C(C#N)=C(N)Oc4cc(C)oc(=O)c43)c3cc(C)cc1c32. The van der Waals surface area contributed by atoms with Crippen LogP contribution in [0, 0.1) is 25.2 Å². The second-order valence-electron chi connectivity index (χ2n) is 9.17. The number of nitrogens with two attached hydrogens (primary N) is 1. The largest absolute Gasteiger partial charge is 0.440 e. The molecule has 1 amide bonds. The molecule has 1 spiro atoms. The number of amides is 1. The number of carbonyl (C=O) groups is 1. The summed E-state index contributed by atoms with van der Waals surface area (Å²) < 4.78 is 11.1. The number of hydrogen-bond donors (Lipinski definition) is 1. The first kappa shape index (κ1) is 21.1. The number of carbonyl (C=O) groups excluding carboxylic acids is 1. The van der Waals surface area contributed by atoms with Gasteiger partial charge in [-0.1, -0.05) is 31.6 Å². The molecular formula is C26H25N3O4. The van der Waals surface area contributed by atoms with Gasteiger partial charge in [0.05, 0.1) is 11.2 Å². The van der Waals surface area contributed by atoms with Crippen LogP contribution in [0.5, 0.6) is 5.75 Å². The number of fused-ring (bicyclic) bond motifs is 3. The van der Waals surface area contributed by atoms with E-state index in [9.17, 15) is 14.9 Å². The zero-order valence-electron chi connectivity index (χ0n) is 19.3. The van der Waals surface area contributed by atoms with E-state index in [1.54, 1.807) is 17.9 Å². The van der Waals surface area contributed by atoms with Crippen molar-refractivity contribution in [1.82, 2.24) is 0 Å². The molecule has 0 bridgehead atoms. The Labute approximate surface area is 191 Å². The summed E-state index contributed by atoms with van der Waals surface area (Å²) in [5.74, 6) is -0.0987. The molecule has 0 aliphatic carbocycles. The van der Waals surface area contributed by atoms with Gasteiger partial charge in [-0.25, -0.2) is 4.79 Å². The zero-order valence-corrected chi connectivity index (χ0v) is 19.3. The molecule has 2 N–H and O–H groups in total. The Morgan fingerprint density at radius 3 is 2.55 bits per heavy atom. The Hall–Kier alpha value is -3.79. The third-order valence-electron chi connectivity index (χ3n) is 7.21. The molecule has 7 heteroatoms. The van der Waals surface area contributed by atoms with Crippen LogP contribution in [0.3, 0.4) is 0 Å². The van der Waals surface area contributed by atoms with Gasteiger partial charge in [-0.2, -0.15) is 5.26 Å². The third kappa shape index (κ3) is 2.38. The zero-order chi connectivity index (χ0) is 23.9. The molecular weight excluding hydrogens is 418 g/mol. The minimum Gasteiger partial charge on any atom is -0.440 e. The highest BCUT2D eigenvalue weighted by Gasteiger charge is 2.64. The topological polar surface area (TPSA) is 110 Å². The Bertz CT molecular complexity index is 1420. The van der Waals surface area contributed by atoms with Crippen LogP contribution in [0.25, 0.3) is 5.57 Å².